The van der Waals surface area contributed by atoms with E-state index in [1.165, 1.54) is 18.9 Å². The van der Waals surface area contributed by atoms with Crippen molar-refractivity contribution in [2.24, 2.45) is 5.92 Å². The van der Waals surface area contributed by atoms with Gasteiger partial charge in [0.25, 0.3) is 0 Å². The minimum Gasteiger partial charge on any atom is -0.477 e. The molecule has 6 nitrogen and oxygen atoms in total. The molecule has 1 aromatic heterocycles. The predicted octanol–water partition coefficient (Wildman–Crippen LogP) is 1.71. The standard InChI is InChI=1S/C13H19N3O3/c1-9-7-11(12(17)18)16-13(15-9)14-5-2-6-19-8-10-3-4-10/h7,10H,2-6,8H2,1H3,(H,17,18)(H,14,15,16). The van der Waals surface area contributed by atoms with Crippen molar-refractivity contribution in [3.05, 3.63) is 17.5 Å². The third kappa shape index (κ3) is 4.82. The summed E-state index contributed by atoms with van der Waals surface area (Å²) < 4.78 is 5.51. The van der Waals surface area contributed by atoms with E-state index in [1.807, 2.05) is 0 Å². The molecule has 104 valence electrons. The average molecular weight is 265 g/mol. The zero-order valence-corrected chi connectivity index (χ0v) is 11.1. The number of carbonyl (C=O) groups is 1. The van der Waals surface area contributed by atoms with Gasteiger partial charge in [-0.25, -0.2) is 14.8 Å². The lowest BCUT2D eigenvalue weighted by molar-refractivity contribution is 0.0690. The third-order valence-electron chi connectivity index (χ3n) is 2.87. The van der Waals surface area contributed by atoms with Crippen LogP contribution in [0.1, 0.15) is 35.4 Å². The minimum atomic E-state index is -1.04. The Kier molecular flexibility index (Phi) is 4.68. The summed E-state index contributed by atoms with van der Waals surface area (Å²) in [6, 6.07) is 1.45. The number of carboxylic acid groups (broad SMARTS) is 1. The van der Waals surface area contributed by atoms with Gasteiger partial charge in [0.2, 0.25) is 5.95 Å². The number of aromatic nitrogens is 2. The van der Waals surface area contributed by atoms with Gasteiger partial charge in [-0.1, -0.05) is 0 Å². The molecule has 0 aromatic carbocycles. The number of anilines is 1. The largest absolute Gasteiger partial charge is 0.477 e. The zero-order valence-electron chi connectivity index (χ0n) is 11.1. The SMILES string of the molecule is Cc1cc(C(=O)O)nc(NCCCOCC2CC2)n1. The van der Waals surface area contributed by atoms with Gasteiger partial charge in [0.1, 0.15) is 0 Å². The molecule has 1 heterocycles. The fourth-order valence-corrected chi connectivity index (χ4v) is 1.67. The molecule has 0 bridgehead atoms. The lowest BCUT2D eigenvalue weighted by Crippen LogP contribution is -2.12. The summed E-state index contributed by atoms with van der Waals surface area (Å²) in [4.78, 5) is 18.9. The Hall–Kier alpha value is -1.69. The van der Waals surface area contributed by atoms with E-state index in [0.717, 1.165) is 18.9 Å². The second-order valence-corrected chi connectivity index (χ2v) is 4.82. The van der Waals surface area contributed by atoms with E-state index in [9.17, 15) is 4.79 Å². The number of aryl methyl sites for hydroxylation is 1. The first-order valence-corrected chi connectivity index (χ1v) is 6.56. The maximum absolute atomic E-state index is 10.9. The average Bonchev–Trinajstić information content (AvgIpc) is 3.17. The van der Waals surface area contributed by atoms with Crippen molar-refractivity contribution in [1.29, 1.82) is 0 Å². The van der Waals surface area contributed by atoms with Gasteiger partial charge >= 0.3 is 5.97 Å². The molecule has 2 N–H and O–H groups in total. The van der Waals surface area contributed by atoms with Gasteiger partial charge in [0.05, 0.1) is 0 Å². The molecule has 1 aliphatic rings. The normalized spacial score (nSPS) is 14.4. The molecule has 2 rings (SSSR count). The van der Waals surface area contributed by atoms with Crippen molar-refractivity contribution in [3.63, 3.8) is 0 Å². The topological polar surface area (TPSA) is 84.3 Å². The van der Waals surface area contributed by atoms with Gasteiger partial charge in [-0.2, -0.15) is 0 Å². The van der Waals surface area contributed by atoms with Crippen LogP contribution < -0.4 is 5.32 Å². The van der Waals surface area contributed by atoms with Crippen molar-refractivity contribution in [1.82, 2.24) is 9.97 Å². The number of aromatic carboxylic acids is 1. The molecule has 0 radical (unpaired) electrons. The zero-order chi connectivity index (χ0) is 13.7. The van der Waals surface area contributed by atoms with Crippen LogP contribution in [0.15, 0.2) is 6.07 Å². The van der Waals surface area contributed by atoms with E-state index in [-0.39, 0.29) is 5.69 Å². The van der Waals surface area contributed by atoms with Crippen LogP contribution in [0, 0.1) is 12.8 Å². The van der Waals surface area contributed by atoms with Crippen molar-refractivity contribution < 1.29 is 14.6 Å². The lowest BCUT2D eigenvalue weighted by Gasteiger charge is -2.07. The fraction of sp³-hybridized carbons (Fsp3) is 0.615. The molecule has 0 saturated heterocycles. The summed E-state index contributed by atoms with van der Waals surface area (Å²) in [6.45, 7) is 4.00. The molecule has 0 aliphatic heterocycles. The highest BCUT2D eigenvalue weighted by molar-refractivity contribution is 5.85. The first kappa shape index (κ1) is 13.7. The Morgan fingerprint density at radius 1 is 1.53 bits per heavy atom. The Labute approximate surface area is 112 Å². The van der Waals surface area contributed by atoms with Crippen LogP contribution in [-0.4, -0.2) is 40.8 Å². The van der Waals surface area contributed by atoms with E-state index in [4.69, 9.17) is 9.84 Å². The predicted molar refractivity (Wildman–Crippen MR) is 70.4 cm³/mol. The molecular weight excluding hydrogens is 246 g/mol. The lowest BCUT2D eigenvalue weighted by atomic mass is 10.3. The summed E-state index contributed by atoms with van der Waals surface area (Å²) in [5.74, 6) is 0.104. The Morgan fingerprint density at radius 3 is 3.00 bits per heavy atom. The van der Waals surface area contributed by atoms with Crippen molar-refractivity contribution in [3.8, 4) is 0 Å². The molecule has 0 atom stereocenters. The third-order valence-corrected chi connectivity index (χ3v) is 2.87. The highest BCUT2D eigenvalue weighted by Gasteiger charge is 2.20. The molecule has 6 heteroatoms. The van der Waals surface area contributed by atoms with Crippen LogP contribution in [-0.2, 0) is 4.74 Å². The first-order valence-electron chi connectivity index (χ1n) is 6.56. The van der Waals surface area contributed by atoms with Gasteiger partial charge in [-0.3, -0.25) is 0 Å². The Balaban J connectivity index is 1.70. The van der Waals surface area contributed by atoms with Crippen LogP contribution in [0.5, 0.6) is 0 Å². The molecule has 1 aliphatic carbocycles. The number of hydrogen-bond acceptors (Lipinski definition) is 5. The molecular formula is C13H19N3O3. The molecule has 0 amide bonds. The van der Waals surface area contributed by atoms with Crippen LogP contribution in [0.25, 0.3) is 0 Å². The number of hydrogen-bond donors (Lipinski definition) is 2. The quantitative estimate of drug-likeness (QED) is 0.696. The Morgan fingerprint density at radius 2 is 2.32 bits per heavy atom. The van der Waals surface area contributed by atoms with E-state index >= 15 is 0 Å². The van der Waals surface area contributed by atoms with Crippen LogP contribution in [0.2, 0.25) is 0 Å². The number of ether oxygens (including phenoxy) is 1. The number of nitrogens with zero attached hydrogens (tertiary/aromatic N) is 2. The molecule has 0 spiro atoms. The van der Waals surface area contributed by atoms with Crippen LogP contribution in [0.4, 0.5) is 5.95 Å². The highest BCUT2D eigenvalue weighted by atomic mass is 16.5. The Bertz CT molecular complexity index is 447. The maximum atomic E-state index is 10.9. The summed E-state index contributed by atoms with van der Waals surface area (Å²) in [7, 11) is 0. The van der Waals surface area contributed by atoms with Gasteiger partial charge < -0.3 is 15.2 Å². The molecule has 1 saturated carbocycles. The summed E-state index contributed by atoms with van der Waals surface area (Å²) >= 11 is 0. The molecule has 0 unspecified atom stereocenters. The minimum absolute atomic E-state index is 0.0139. The molecule has 1 fully saturated rings. The van der Waals surface area contributed by atoms with Gasteiger partial charge in [-0.15, -0.1) is 0 Å². The van der Waals surface area contributed by atoms with E-state index in [0.29, 0.717) is 24.8 Å². The van der Waals surface area contributed by atoms with Crippen LogP contribution >= 0.6 is 0 Å². The van der Waals surface area contributed by atoms with Gasteiger partial charge in [0, 0.05) is 25.5 Å². The van der Waals surface area contributed by atoms with Gasteiger partial charge in [-0.05, 0) is 38.2 Å². The number of carboxylic acids is 1. The van der Waals surface area contributed by atoms with Crippen molar-refractivity contribution >= 4 is 11.9 Å². The van der Waals surface area contributed by atoms with E-state index in [2.05, 4.69) is 15.3 Å². The number of rotatable bonds is 8. The molecule has 1 aromatic rings. The number of nitrogens with one attached hydrogen (secondary N) is 1. The highest BCUT2D eigenvalue weighted by Crippen LogP contribution is 2.28. The fourth-order valence-electron chi connectivity index (χ4n) is 1.67. The van der Waals surface area contributed by atoms with E-state index < -0.39 is 5.97 Å². The van der Waals surface area contributed by atoms with Gasteiger partial charge in [0.15, 0.2) is 5.69 Å². The summed E-state index contributed by atoms with van der Waals surface area (Å²) in [5, 5.41) is 11.9. The summed E-state index contributed by atoms with van der Waals surface area (Å²) in [6.07, 6.45) is 3.45. The smallest absolute Gasteiger partial charge is 0.354 e. The van der Waals surface area contributed by atoms with E-state index in [1.54, 1.807) is 6.92 Å². The summed E-state index contributed by atoms with van der Waals surface area (Å²) in [5.41, 5.74) is 0.653. The second kappa shape index (κ2) is 6.47. The second-order valence-electron chi connectivity index (χ2n) is 4.82. The maximum Gasteiger partial charge on any atom is 0.354 e. The van der Waals surface area contributed by atoms with Crippen molar-refractivity contribution in [2.45, 2.75) is 26.2 Å². The van der Waals surface area contributed by atoms with Crippen LogP contribution in [0.3, 0.4) is 0 Å². The monoisotopic (exact) mass is 265 g/mol. The van der Waals surface area contributed by atoms with Crippen molar-refractivity contribution in [2.75, 3.05) is 25.1 Å². The first-order chi connectivity index (χ1) is 9.15. The molecule has 19 heavy (non-hydrogen) atoms.